The van der Waals surface area contributed by atoms with Gasteiger partial charge in [-0.1, -0.05) is 77.5 Å². The van der Waals surface area contributed by atoms with E-state index in [1.807, 2.05) is 24.3 Å². The molecule has 0 radical (unpaired) electrons. The van der Waals surface area contributed by atoms with Crippen LogP contribution in [0.25, 0.3) is 0 Å². The van der Waals surface area contributed by atoms with Gasteiger partial charge in [0.15, 0.2) is 6.29 Å². The minimum Gasteiger partial charge on any atom is -0.497 e. The van der Waals surface area contributed by atoms with Crippen molar-refractivity contribution in [3.8, 4) is 5.75 Å². The number of rotatable bonds is 15. The molecule has 0 N–H and O–H groups in total. The zero-order valence-electron chi connectivity index (χ0n) is 24.5. The van der Waals surface area contributed by atoms with Crippen molar-refractivity contribution in [2.75, 3.05) is 13.7 Å². The van der Waals surface area contributed by atoms with E-state index in [9.17, 15) is 4.79 Å². The Morgan fingerprint density at radius 1 is 1.05 bits per heavy atom. The summed E-state index contributed by atoms with van der Waals surface area (Å²) in [6.45, 7) is 17.0. The summed E-state index contributed by atoms with van der Waals surface area (Å²) in [6, 6.07) is 7.92. The lowest BCUT2D eigenvalue weighted by molar-refractivity contribution is -0.108. The summed E-state index contributed by atoms with van der Waals surface area (Å²) in [5.41, 5.74) is 3.68. The molecule has 0 aliphatic carbocycles. The average Bonchev–Trinajstić information content (AvgIpc) is 3.64. The SMILES string of the molecule is COc1ccc(CO[C@H](C[C@@H]2O[C@H]2C=O)[C@H](C=C[C@@H]2CC(C)=CCO2)O[Si](C(C)C)(C(C)C)C(C)C)cc1. The Hall–Kier alpha value is -1.77. The smallest absolute Gasteiger partial charge is 0.201 e. The largest absolute Gasteiger partial charge is 0.497 e. The van der Waals surface area contributed by atoms with Gasteiger partial charge >= 0.3 is 0 Å². The molecule has 2 aliphatic heterocycles. The van der Waals surface area contributed by atoms with E-state index in [1.165, 1.54) is 5.57 Å². The van der Waals surface area contributed by atoms with Gasteiger partial charge < -0.3 is 28.2 Å². The van der Waals surface area contributed by atoms with E-state index in [0.29, 0.717) is 36.3 Å². The summed E-state index contributed by atoms with van der Waals surface area (Å²) in [4.78, 5) is 11.4. The summed E-state index contributed by atoms with van der Waals surface area (Å²) in [5.74, 6) is 0.813. The van der Waals surface area contributed by atoms with Crippen LogP contribution in [-0.2, 0) is 30.0 Å². The van der Waals surface area contributed by atoms with E-state index < -0.39 is 8.32 Å². The van der Waals surface area contributed by atoms with Crippen LogP contribution >= 0.6 is 0 Å². The number of hydrogen-bond acceptors (Lipinski definition) is 6. The van der Waals surface area contributed by atoms with E-state index in [-0.39, 0.29) is 30.5 Å². The van der Waals surface area contributed by atoms with Gasteiger partial charge in [0.1, 0.15) is 11.9 Å². The van der Waals surface area contributed by atoms with Crippen LogP contribution in [0.1, 0.15) is 66.9 Å². The van der Waals surface area contributed by atoms with Gasteiger partial charge in [-0.2, -0.15) is 0 Å². The topological polar surface area (TPSA) is 66.5 Å². The minimum absolute atomic E-state index is 0.0152. The van der Waals surface area contributed by atoms with Crippen LogP contribution in [0.4, 0.5) is 0 Å². The van der Waals surface area contributed by atoms with E-state index >= 15 is 0 Å². The van der Waals surface area contributed by atoms with Gasteiger partial charge in [0, 0.05) is 6.42 Å². The van der Waals surface area contributed by atoms with E-state index in [2.05, 4.69) is 66.7 Å². The maximum atomic E-state index is 11.4. The Balaban J connectivity index is 1.92. The summed E-state index contributed by atoms with van der Waals surface area (Å²) in [7, 11) is -0.577. The molecule has 0 amide bonds. The second-order valence-corrected chi connectivity index (χ2v) is 17.0. The van der Waals surface area contributed by atoms with Crippen molar-refractivity contribution in [3.63, 3.8) is 0 Å². The van der Waals surface area contributed by atoms with Crippen LogP contribution in [0, 0.1) is 0 Å². The third-order valence-electron chi connectivity index (χ3n) is 8.04. The van der Waals surface area contributed by atoms with Gasteiger partial charge in [0.25, 0.3) is 0 Å². The van der Waals surface area contributed by atoms with Crippen molar-refractivity contribution >= 4 is 14.6 Å². The van der Waals surface area contributed by atoms with Crippen LogP contribution in [-0.4, -0.2) is 58.8 Å². The minimum atomic E-state index is -2.24. The number of carbonyl (C=O) groups is 1. The Morgan fingerprint density at radius 2 is 1.71 bits per heavy atom. The van der Waals surface area contributed by atoms with E-state index in [4.69, 9.17) is 23.4 Å². The first-order valence-corrected chi connectivity index (χ1v) is 16.2. The second kappa shape index (κ2) is 14.0. The Kier molecular flexibility index (Phi) is 11.4. The first-order chi connectivity index (χ1) is 18.1. The molecule has 7 heteroatoms. The molecular weight excluding hydrogens is 496 g/mol. The molecule has 1 saturated heterocycles. The molecule has 0 aromatic heterocycles. The number of ether oxygens (including phenoxy) is 4. The molecule has 1 fully saturated rings. The third-order valence-corrected chi connectivity index (χ3v) is 14.1. The summed E-state index contributed by atoms with van der Waals surface area (Å²) in [6.07, 6.45) is 7.77. The van der Waals surface area contributed by atoms with Crippen molar-refractivity contribution in [1.29, 1.82) is 0 Å². The number of carbonyl (C=O) groups excluding carboxylic acids is 1. The summed E-state index contributed by atoms with van der Waals surface area (Å²) < 4.78 is 30.9. The fraction of sp³-hybridized carbons (Fsp3) is 0.645. The monoisotopic (exact) mass is 544 g/mol. The van der Waals surface area contributed by atoms with E-state index in [1.54, 1.807) is 7.11 Å². The number of aldehydes is 1. The van der Waals surface area contributed by atoms with Gasteiger partial charge in [-0.25, -0.2) is 0 Å². The summed E-state index contributed by atoms with van der Waals surface area (Å²) in [5, 5.41) is 0. The molecule has 6 nitrogen and oxygen atoms in total. The molecule has 3 rings (SSSR count). The summed E-state index contributed by atoms with van der Waals surface area (Å²) >= 11 is 0. The van der Waals surface area contributed by atoms with E-state index in [0.717, 1.165) is 24.0 Å². The Bertz CT molecular complexity index is 916. The van der Waals surface area contributed by atoms with Crippen molar-refractivity contribution in [3.05, 3.63) is 53.6 Å². The van der Waals surface area contributed by atoms with Crippen LogP contribution in [0.15, 0.2) is 48.1 Å². The highest BCUT2D eigenvalue weighted by Gasteiger charge is 2.49. The standard InChI is InChI=1S/C31H48O6Si/c1-21(2)38(22(3)4,23(5)6)37-28(14-13-27-17-24(7)15-16-34-27)29(18-30-31(19-32)36-30)35-20-25-9-11-26(33-8)12-10-25/h9-15,19,21-23,27-31H,16-18,20H2,1-8H3/t27-,28+,29-,30+,31+/m1/s1. The van der Waals surface area contributed by atoms with Crippen LogP contribution < -0.4 is 4.74 Å². The fourth-order valence-electron chi connectivity index (χ4n) is 5.93. The lowest BCUT2D eigenvalue weighted by Gasteiger charge is -2.45. The maximum Gasteiger partial charge on any atom is 0.201 e. The van der Waals surface area contributed by atoms with Crippen molar-refractivity contribution in [2.45, 2.75) is 115 Å². The highest BCUT2D eigenvalue weighted by Crippen LogP contribution is 2.44. The van der Waals surface area contributed by atoms with Crippen LogP contribution in [0.2, 0.25) is 16.6 Å². The molecule has 5 atom stereocenters. The molecule has 2 heterocycles. The Labute approximate surface area is 230 Å². The molecule has 0 bridgehead atoms. The quantitative estimate of drug-likeness (QED) is 0.105. The lowest BCUT2D eigenvalue weighted by atomic mass is 10.0. The fourth-order valence-corrected chi connectivity index (χ4v) is 11.4. The molecule has 212 valence electrons. The predicted octanol–water partition coefficient (Wildman–Crippen LogP) is 6.79. The van der Waals surface area contributed by atoms with Gasteiger partial charge in [-0.15, -0.1) is 0 Å². The lowest BCUT2D eigenvalue weighted by Crippen LogP contribution is -2.52. The highest BCUT2D eigenvalue weighted by atomic mass is 28.4. The normalized spacial score (nSPS) is 23.7. The first-order valence-electron chi connectivity index (χ1n) is 14.1. The Morgan fingerprint density at radius 3 is 2.24 bits per heavy atom. The number of epoxide rings is 1. The molecule has 2 aliphatic rings. The van der Waals surface area contributed by atoms with Crippen molar-refractivity contribution in [2.24, 2.45) is 0 Å². The van der Waals surface area contributed by atoms with Crippen molar-refractivity contribution < 1.29 is 28.2 Å². The molecule has 1 aromatic rings. The molecule has 0 unspecified atom stereocenters. The van der Waals surface area contributed by atoms with Crippen LogP contribution in [0.5, 0.6) is 5.75 Å². The molecule has 0 saturated carbocycles. The van der Waals surface area contributed by atoms with Gasteiger partial charge in [0.2, 0.25) is 8.32 Å². The van der Waals surface area contributed by atoms with Gasteiger partial charge in [0.05, 0.1) is 44.7 Å². The first kappa shape index (κ1) is 30.8. The molecular formula is C31H48O6Si. The highest BCUT2D eigenvalue weighted by molar-refractivity contribution is 6.77. The number of methoxy groups -OCH3 is 1. The van der Waals surface area contributed by atoms with Gasteiger partial charge in [-0.3, -0.25) is 0 Å². The average molecular weight is 545 g/mol. The predicted molar refractivity (Wildman–Crippen MR) is 154 cm³/mol. The molecule has 0 spiro atoms. The van der Waals surface area contributed by atoms with Crippen molar-refractivity contribution in [1.82, 2.24) is 0 Å². The zero-order chi connectivity index (χ0) is 27.9. The molecule has 38 heavy (non-hydrogen) atoms. The zero-order valence-corrected chi connectivity index (χ0v) is 25.5. The maximum absolute atomic E-state index is 11.4. The number of hydrogen-bond donors (Lipinski definition) is 0. The van der Waals surface area contributed by atoms with Gasteiger partial charge in [-0.05, 0) is 47.7 Å². The van der Waals surface area contributed by atoms with Crippen LogP contribution in [0.3, 0.4) is 0 Å². The third kappa shape index (κ3) is 7.88. The second-order valence-electron chi connectivity index (χ2n) is 11.6. The number of benzene rings is 1. The molecule has 1 aromatic carbocycles.